The van der Waals surface area contributed by atoms with Crippen LogP contribution < -0.4 is 14.8 Å². The van der Waals surface area contributed by atoms with Crippen molar-refractivity contribution in [2.45, 2.75) is 6.42 Å². The minimum atomic E-state index is -0.125. The lowest BCUT2D eigenvalue weighted by molar-refractivity contribution is -0.115. The Bertz CT molecular complexity index is 968. The topological polar surface area (TPSA) is 65.4 Å². The van der Waals surface area contributed by atoms with Gasteiger partial charge < -0.3 is 14.8 Å². The van der Waals surface area contributed by atoms with E-state index in [1.165, 1.54) is 0 Å². The Kier molecular flexibility index (Phi) is 4.09. The van der Waals surface area contributed by atoms with Gasteiger partial charge in [0.05, 0.1) is 11.9 Å². The first-order chi connectivity index (χ1) is 12.1. The summed E-state index contributed by atoms with van der Waals surface area (Å²) in [5, 5.41) is 8.20. The van der Waals surface area contributed by atoms with Crippen LogP contribution in [-0.2, 0) is 18.3 Å². The second-order valence-electron chi connectivity index (χ2n) is 5.84. The fourth-order valence-corrected chi connectivity index (χ4v) is 3.23. The number of fused-ring (bicyclic) bond motifs is 2. The summed E-state index contributed by atoms with van der Waals surface area (Å²) in [5.74, 6) is 1.84. The molecule has 1 aromatic heterocycles. The molecule has 128 valence electrons. The number of anilines is 1. The van der Waals surface area contributed by atoms with Crippen LogP contribution >= 0.6 is 15.9 Å². The number of nitrogens with zero attached hydrogens (tertiary/aromatic N) is 2. The number of carbonyl (C=O) groups excluding carboxylic acids is 1. The predicted octanol–water partition coefficient (Wildman–Crippen LogP) is 3.29. The first-order valence-corrected chi connectivity index (χ1v) is 8.70. The van der Waals surface area contributed by atoms with Gasteiger partial charge in [-0.15, -0.1) is 0 Å². The Hall–Kier alpha value is -2.54. The highest BCUT2D eigenvalue weighted by molar-refractivity contribution is 9.10. The average molecular weight is 402 g/mol. The van der Waals surface area contributed by atoms with E-state index >= 15 is 0 Å². The normalized spacial score (nSPS) is 13.0. The molecule has 0 bridgehead atoms. The molecule has 1 N–H and O–H groups in total. The third-order valence-electron chi connectivity index (χ3n) is 4.04. The van der Waals surface area contributed by atoms with E-state index in [2.05, 4.69) is 26.3 Å². The van der Waals surface area contributed by atoms with E-state index in [1.807, 2.05) is 43.4 Å². The van der Waals surface area contributed by atoms with E-state index in [4.69, 9.17) is 9.47 Å². The molecule has 0 aliphatic carbocycles. The minimum absolute atomic E-state index is 0.125. The Balaban J connectivity index is 1.53. The third-order valence-corrected chi connectivity index (χ3v) is 4.54. The number of nitrogens with one attached hydrogen (secondary N) is 1. The fourth-order valence-electron chi connectivity index (χ4n) is 2.88. The molecule has 7 heteroatoms. The molecule has 0 radical (unpaired) electrons. The van der Waals surface area contributed by atoms with Gasteiger partial charge in [0.25, 0.3) is 0 Å². The molecule has 0 fully saturated rings. The Morgan fingerprint density at radius 2 is 2.00 bits per heavy atom. The number of halogens is 1. The second kappa shape index (κ2) is 6.40. The van der Waals surface area contributed by atoms with Crippen molar-refractivity contribution in [2.24, 2.45) is 7.05 Å². The number of benzene rings is 2. The molecule has 3 aromatic rings. The maximum atomic E-state index is 12.4. The van der Waals surface area contributed by atoms with E-state index in [0.29, 0.717) is 24.8 Å². The number of rotatable bonds is 3. The van der Waals surface area contributed by atoms with Gasteiger partial charge in [0, 0.05) is 16.9 Å². The fraction of sp³-hybridized carbons (Fsp3) is 0.222. The van der Waals surface area contributed by atoms with Gasteiger partial charge in [-0.2, -0.15) is 5.10 Å². The largest absolute Gasteiger partial charge is 0.486 e. The Morgan fingerprint density at radius 3 is 2.84 bits per heavy atom. The van der Waals surface area contributed by atoms with Crippen LogP contribution in [0.4, 0.5) is 5.82 Å². The highest BCUT2D eigenvalue weighted by Crippen LogP contribution is 2.31. The van der Waals surface area contributed by atoms with Crippen molar-refractivity contribution in [3.63, 3.8) is 0 Å². The second-order valence-corrected chi connectivity index (χ2v) is 6.75. The maximum Gasteiger partial charge on any atom is 0.230 e. The molecule has 1 amide bonds. The van der Waals surface area contributed by atoms with Crippen LogP contribution in [-0.4, -0.2) is 28.9 Å². The molecular formula is C18H16BrN3O3. The number of aromatic nitrogens is 2. The van der Waals surface area contributed by atoms with E-state index in [1.54, 1.807) is 4.68 Å². The Morgan fingerprint density at radius 1 is 1.20 bits per heavy atom. The Labute approximate surface area is 152 Å². The lowest BCUT2D eigenvalue weighted by Crippen LogP contribution is -2.17. The average Bonchev–Trinajstić information content (AvgIpc) is 2.90. The number of ether oxygens (including phenoxy) is 2. The van der Waals surface area contributed by atoms with E-state index in [-0.39, 0.29) is 12.3 Å². The van der Waals surface area contributed by atoms with Crippen LogP contribution in [0.5, 0.6) is 11.5 Å². The summed E-state index contributed by atoms with van der Waals surface area (Å²) in [6.45, 7) is 1.08. The van der Waals surface area contributed by atoms with Crippen LogP contribution in [0.3, 0.4) is 0 Å². The van der Waals surface area contributed by atoms with Crippen molar-refractivity contribution < 1.29 is 14.3 Å². The van der Waals surface area contributed by atoms with Gasteiger partial charge in [-0.3, -0.25) is 9.48 Å². The molecule has 1 aliphatic heterocycles. The van der Waals surface area contributed by atoms with Gasteiger partial charge in [0.15, 0.2) is 17.3 Å². The van der Waals surface area contributed by atoms with Gasteiger partial charge in [-0.1, -0.05) is 22.0 Å². The highest BCUT2D eigenvalue weighted by atomic mass is 79.9. The van der Waals surface area contributed by atoms with Crippen molar-refractivity contribution in [3.8, 4) is 11.5 Å². The van der Waals surface area contributed by atoms with Gasteiger partial charge in [-0.05, 0) is 35.9 Å². The van der Waals surface area contributed by atoms with Crippen molar-refractivity contribution >= 4 is 38.6 Å². The third kappa shape index (κ3) is 3.19. The summed E-state index contributed by atoms with van der Waals surface area (Å²) >= 11 is 3.45. The quantitative estimate of drug-likeness (QED) is 0.731. The summed E-state index contributed by atoms with van der Waals surface area (Å²) in [6, 6.07) is 11.4. The lowest BCUT2D eigenvalue weighted by Gasteiger charge is -2.18. The van der Waals surface area contributed by atoms with Gasteiger partial charge >= 0.3 is 0 Å². The van der Waals surface area contributed by atoms with Crippen LogP contribution in [0.25, 0.3) is 10.9 Å². The molecule has 0 unspecified atom stereocenters. The monoisotopic (exact) mass is 401 g/mol. The first-order valence-electron chi connectivity index (χ1n) is 7.91. The minimum Gasteiger partial charge on any atom is -0.486 e. The summed E-state index contributed by atoms with van der Waals surface area (Å²) < 4.78 is 13.8. The molecule has 2 heterocycles. The van der Waals surface area contributed by atoms with Crippen molar-refractivity contribution in [1.82, 2.24) is 9.78 Å². The lowest BCUT2D eigenvalue weighted by atomic mass is 10.1. The molecule has 0 spiro atoms. The first kappa shape index (κ1) is 16.0. The maximum absolute atomic E-state index is 12.4. The van der Waals surface area contributed by atoms with Crippen LogP contribution in [0, 0.1) is 0 Å². The number of hydrogen-bond donors (Lipinski definition) is 1. The van der Waals surface area contributed by atoms with Crippen molar-refractivity contribution in [3.05, 3.63) is 46.4 Å². The molecule has 25 heavy (non-hydrogen) atoms. The molecule has 0 saturated heterocycles. The molecule has 1 aliphatic rings. The van der Waals surface area contributed by atoms with Crippen LogP contribution in [0.1, 0.15) is 5.56 Å². The molecular weight excluding hydrogens is 386 g/mol. The summed E-state index contributed by atoms with van der Waals surface area (Å²) in [6.07, 6.45) is 0.241. The summed E-state index contributed by atoms with van der Waals surface area (Å²) in [7, 11) is 1.85. The van der Waals surface area contributed by atoms with Gasteiger partial charge in [-0.25, -0.2) is 0 Å². The smallest absolute Gasteiger partial charge is 0.230 e. The highest BCUT2D eigenvalue weighted by Gasteiger charge is 2.15. The number of amides is 1. The predicted molar refractivity (Wildman–Crippen MR) is 98.2 cm³/mol. The van der Waals surface area contributed by atoms with E-state index in [0.717, 1.165) is 26.7 Å². The zero-order valence-corrected chi connectivity index (χ0v) is 15.2. The van der Waals surface area contributed by atoms with Gasteiger partial charge in [0.1, 0.15) is 13.2 Å². The van der Waals surface area contributed by atoms with Crippen LogP contribution in [0.2, 0.25) is 0 Å². The number of hydrogen-bond acceptors (Lipinski definition) is 4. The number of aryl methyl sites for hydroxylation is 1. The zero-order chi connectivity index (χ0) is 17.4. The van der Waals surface area contributed by atoms with Crippen molar-refractivity contribution in [2.75, 3.05) is 18.5 Å². The summed E-state index contributed by atoms with van der Waals surface area (Å²) in [5.41, 5.74) is 1.81. The SMILES string of the molecule is Cn1nc(NC(=O)Cc2ccc3c(c2)OCCO3)c2ccc(Br)cc21. The molecule has 0 atom stereocenters. The van der Waals surface area contributed by atoms with Crippen molar-refractivity contribution in [1.29, 1.82) is 0 Å². The van der Waals surface area contributed by atoms with Crippen LogP contribution in [0.15, 0.2) is 40.9 Å². The molecule has 0 saturated carbocycles. The molecule has 2 aromatic carbocycles. The number of carbonyl (C=O) groups is 1. The molecule has 6 nitrogen and oxygen atoms in total. The molecule has 4 rings (SSSR count). The van der Waals surface area contributed by atoms with E-state index < -0.39 is 0 Å². The summed E-state index contributed by atoms with van der Waals surface area (Å²) in [4.78, 5) is 12.4. The van der Waals surface area contributed by atoms with Gasteiger partial charge in [0.2, 0.25) is 5.91 Å². The van der Waals surface area contributed by atoms with E-state index in [9.17, 15) is 4.79 Å². The zero-order valence-electron chi connectivity index (χ0n) is 13.6. The standard InChI is InChI=1S/C18H16BrN3O3/c1-22-14-10-12(19)3-4-13(14)18(21-22)20-17(23)9-11-2-5-15-16(8-11)25-7-6-24-15/h2-5,8,10H,6-7,9H2,1H3,(H,20,21,23).